The molecule has 7 nitrogen and oxygen atoms in total. The summed E-state index contributed by atoms with van der Waals surface area (Å²) in [6.45, 7) is 3.67. The smallest absolute Gasteiger partial charge is 0.259 e. The number of benzene rings is 2. The number of aromatic nitrogens is 2. The quantitative estimate of drug-likeness (QED) is 0.595. The van der Waals surface area contributed by atoms with E-state index in [1.807, 2.05) is 6.07 Å². The van der Waals surface area contributed by atoms with Crippen molar-refractivity contribution in [3.63, 3.8) is 0 Å². The summed E-state index contributed by atoms with van der Waals surface area (Å²) in [6.07, 6.45) is 4.27. The van der Waals surface area contributed by atoms with Gasteiger partial charge >= 0.3 is 0 Å². The number of hydrogen-bond acceptors (Lipinski definition) is 5. The minimum Gasteiger partial charge on any atom is -0.396 e. The Balaban J connectivity index is 1.48. The molecule has 33 heavy (non-hydrogen) atoms. The SMILES string of the molecule is Cc1c(C(=O)Nc2ccc(N3CCC(CCO)CC3)c(C#N)c2)cnn1-c1ccc(F)cc1. The van der Waals surface area contributed by atoms with Gasteiger partial charge in [0.15, 0.2) is 0 Å². The molecule has 2 aromatic carbocycles. The van der Waals surface area contributed by atoms with Crippen LogP contribution in [0, 0.1) is 30.0 Å². The fourth-order valence-electron chi connectivity index (χ4n) is 4.30. The molecule has 0 bridgehead atoms. The number of nitrogens with one attached hydrogen (secondary N) is 1. The first-order valence-corrected chi connectivity index (χ1v) is 11.0. The number of rotatable bonds is 6. The Labute approximate surface area is 192 Å². The largest absolute Gasteiger partial charge is 0.396 e. The number of aliphatic hydroxyl groups is 1. The fraction of sp³-hybridized carbons (Fsp3) is 0.320. The normalized spacial score (nSPS) is 14.2. The highest BCUT2D eigenvalue weighted by atomic mass is 19.1. The zero-order valence-corrected chi connectivity index (χ0v) is 18.5. The summed E-state index contributed by atoms with van der Waals surface area (Å²) in [5.74, 6) is -0.149. The van der Waals surface area contributed by atoms with E-state index < -0.39 is 0 Å². The van der Waals surface area contributed by atoms with Crippen molar-refractivity contribution in [3.05, 3.63) is 71.3 Å². The van der Waals surface area contributed by atoms with Crippen molar-refractivity contribution < 1.29 is 14.3 Å². The van der Waals surface area contributed by atoms with E-state index in [-0.39, 0.29) is 18.3 Å². The molecule has 0 saturated carbocycles. The maximum atomic E-state index is 13.2. The summed E-state index contributed by atoms with van der Waals surface area (Å²) in [5.41, 5.74) is 3.58. The van der Waals surface area contributed by atoms with Crippen LogP contribution in [-0.2, 0) is 0 Å². The number of carbonyl (C=O) groups is 1. The molecule has 4 rings (SSSR count). The molecule has 1 saturated heterocycles. The predicted molar refractivity (Wildman–Crippen MR) is 124 cm³/mol. The van der Waals surface area contributed by atoms with E-state index in [9.17, 15) is 14.4 Å². The molecule has 1 amide bonds. The molecule has 170 valence electrons. The van der Waals surface area contributed by atoms with Crippen molar-refractivity contribution in [1.29, 1.82) is 5.26 Å². The topological polar surface area (TPSA) is 94.2 Å². The van der Waals surface area contributed by atoms with Gasteiger partial charge in [-0.05, 0) is 74.6 Å². The highest BCUT2D eigenvalue weighted by Crippen LogP contribution is 2.29. The third-order valence-electron chi connectivity index (χ3n) is 6.19. The van der Waals surface area contributed by atoms with E-state index in [1.165, 1.54) is 18.3 Å². The number of aliphatic hydroxyl groups excluding tert-OH is 1. The van der Waals surface area contributed by atoms with Gasteiger partial charge < -0.3 is 15.3 Å². The number of halogens is 1. The molecule has 1 aliphatic rings. The zero-order chi connectivity index (χ0) is 23.4. The van der Waals surface area contributed by atoms with Crippen molar-refractivity contribution in [2.75, 3.05) is 29.9 Å². The summed E-state index contributed by atoms with van der Waals surface area (Å²) in [5, 5.41) is 26.0. The number of amides is 1. The van der Waals surface area contributed by atoms with Crippen LogP contribution in [0.3, 0.4) is 0 Å². The van der Waals surface area contributed by atoms with Crippen molar-refractivity contribution in [3.8, 4) is 11.8 Å². The highest BCUT2D eigenvalue weighted by molar-refractivity contribution is 6.05. The average Bonchev–Trinajstić information content (AvgIpc) is 3.21. The van der Waals surface area contributed by atoms with Gasteiger partial charge in [-0.25, -0.2) is 9.07 Å². The number of carbonyl (C=O) groups excluding carboxylic acids is 1. The summed E-state index contributed by atoms with van der Waals surface area (Å²) in [6, 6.07) is 13.5. The second kappa shape index (κ2) is 9.84. The summed E-state index contributed by atoms with van der Waals surface area (Å²) in [4.78, 5) is 15.1. The molecular weight excluding hydrogens is 421 g/mol. The third kappa shape index (κ3) is 4.89. The molecule has 0 spiro atoms. The Bertz CT molecular complexity index is 1170. The van der Waals surface area contributed by atoms with Crippen LogP contribution < -0.4 is 10.2 Å². The second-order valence-electron chi connectivity index (χ2n) is 8.27. The molecule has 2 N–H and O–H groups in total. The van der Waals surface area contributed by atoms with Crippen LogP contribution in [0.15, 0.2) is 48.7 Å². The van der Waals surface area contributed by atoms with E-state index in [1.54, 1.807) is 35.9 Å². The van der Waals surface area contributed by atoms with Crippen LogP contribution in [0.1, 0.15) is 40.9 Å². The molecule has 3 aromatic rings. The molecule has 1 aromatic heterocycles. The first kappa shape index (κ1) is 22.5. The predicted octanol–water partition coefficient (Wildman–Crippen LogP) is 4.04. The van der Waals surface area contributed by atoms with Crippen molar-refractivity contribution in [1.82, 2.24) is 9.78 Å². The first-order valence-electron chi connectivity index (χ1n) is 11.0. The lowest BCUT2D eigenvalue weighted by molar-refractivity contribution is 0.102. The Kier molecular flexibility index (Phi) is 6.71. The Morgan fingerprint density at radius 3 is 2.64 bits per heavy atom. The lowest BCUT2D eigenvalue weighted by Gasteiger charge is -2.34. The van der Waals surface area contributed by atoms with Gasteiger partial charge in [-0.1, -0.05) is 0 Å². The van der Waals surface area contributed by atoms with Gasteiger partial charge in [0.25, 0.3) is 5.91 Å². The number of nitrogens with zero attached hydrogens (tertiary/aromatic N) is 4. The number of piperidine rings is 1. The molecule has 8 heteroatoms. The van der Waals surface area contributed by atoms with Crippen molar-refractivity contribution in [2.45, 2.75) is 26.2 Å². The van der Waals surface area contributed by atoms with E-state index >= 15 is 0 Å². The van der Waals surface area contributed by atoms with Crippen LogP contribution in [0.2, 0.25) is 0 Å². The van der Waals surface area contributed by atoms with E-state index in [2.05, 4.69) is 21.4 Å². The number of nitriles is 1. The van der Waals surface area contributed by atoms with Gasteiger partial charge in [0, 0.05) is 25.4 Å². The molecule has 0 atom stereocenters. The van der Waals surface area contributed by atoms with E-state index in [0.29, 0.717) is 34.1 Å². The monoisotopic (exact) mass is 447 g/mol. The van der Waals surface area contributed by atoms with Crippen LogP contribution >= 0.6 is 0 Å². The van der Waals surface area contributed by atoms with Gasteiger partial charge in [0.05, 0.1) is 34.4 Å². The van der Waals surface area contributed by atoms with Gasteiger partial charge in [-0.15, -0.1) is 0 Å². The zero-order valence-electron chi connectivity index (χ0n) is 18.5. The summed E-state index contributed by atoms with van der Waals surface area (Å²) >= 11 is 0. The van der Waals surface area contributed by atoms with Crippen LogP contribution in [-0.4, -0.2) is 40.5 Å². The summed E-state index contributed by atoms with van der Waals surface area (Å²) < 4.78 is 14.8. The fourth-order valence-corrected chi connectivity index (χ4v) is 4.30. The second-order valence-corrected chi connectivity index (χ2v) is 8.27. The standard InChI is InChI=1S/C25H26FN5O2/c1-17-23(16-28-31(17)22-5-2-20(26)3-6-22)25(33)29-21-4-7-24(19(14-21)15-27)30-11-8-18(9-12-30)10-13-32/h2-7,14,16,18,32H,8-13H2,1H3,(H,29,33). The van der Waals surface area contributed by atoms with Gasteiger partial charge in [-0.2, -0.15) is 10.4 Å². The number of hydrogen-bond donors (Lipinski definition) is 2. The maximum Gasteiger partial charge on any atom is 0.259 e. The molecule has 0 radical (unpaired) electrons. The molecule has 2 heterocycles. The van der Waals surface area contributed by atoms with Crippen LogP contribution in [0.5, 0.6) is 0 Å². The average molecular weight is 448 g/mol. The minimum absolute atomic E-state index is 0.213. The lowest BCUT2D eigenvalue weighted by Crippen LogP contribution is -2.34. The maximum absolute atomic E-state index is 13.2. The molecule has 1 fully saturated rings. The van der Waals surface area contributed by atoms with Gasteiger partial charge in [-0.3, -0.25) is 4.79 Å². The molecular formula is C25H26FN5O2. The minimum atomic E-state index is -0.340. The molecule has 0 unspecified atom stereocenters. The van der Waals surface area contributed by atoms with Crippen molar-refractivity contribution >= 4 is 17.3 Å². The Morgan fingerprint density at radius 2 is 1.97 bits per heavy atom. The van der Waals surface area contributed by atoms with Gasteiger partial charge in [0.1, 0.15) is 11.9 Å². The molecule has 0 aliphatic carbocycles. The van der Waals surface area contributed by atoms with Crippen LogP contribution in [0.4, 0.5) is 15.8 Å². The Morgan fingerprint density at radius 1 is 1.24 bits per heavy atom. The Hall–Kier alpha value is -3.70. The van der Waals surface area contributed by atoms with E-state index in [0.717, 1.165) is 38.0 Å². The lowest BCUT2D eigenvalue weighted by atomic mass is 9.93. The van der Waals surface area contributed by atoms with Gasteiger partial charge in [0.2, 0.25) is 0 Å². The van der Waals surface area contributed by atoms with Crippen molar-refractivity contribution in [2.24, 2.45) is 5.92 Å². The highest BCUT2D eigenvalue weighted by Gasteiger charge is 2.22. The third-order valence-corrected chi connectivity index (χ3v) is 6.19. The first-order chi connectivity index (χ1) is 16.0. The molecule has 1 aliphatic heterocycles. The van der Waals surface area contributed by atoms with Crippen LogP contribution in [0.25, 0.3) is 5.69 Å². The summed E-state index contributed by atoms with van der Waals surface area (Å²) in [7, 11) is 0. The number of anilines is 2. The van der Waals surface area contributed by atoms with E-state index in [4.69, 9.17) is 5.11 Å².